The van der Waals surface area contributed by atoms with Crippen molar-refractivity contribution >= 4 is 17.4 Å². The van der Waals surface area contributed by atoms with E-state index in [1.165, 1.54) is 29.4 Å². The fourth-order valence-corrected chi connectivity index (χ4v) is 4.59. The van der Waals surface area contributed by atoms with E-state index in [4.69, 9.17) is 27.0 Å². The predicted octanol–water partition coefficient (Wildman–Crippen LogP) is 4.91. The van der Waals surface area contributed by atoms with Crippen molar-refractivity contribution in [2.24, 2.45) is 0 Å². The number of ether oxygens (including phenoxy) is 2. The summed E-state index contributed by atoms with van der Waals surface area (Å²) in [7, 11) is 0. The van der Waals surface area contributed by atoms with Crippen LogP contribution in [0.15, 0.2) is 49.1 Å². The summed E-state index contributed by atoms with van der Waals surface area (Å²) in [5.41, 5.74) is -5.43. The molecule has 34 heavy (non-hydrogen) atoms. The van der Waals surface area contributed by atoms with Crippen molar-refractivity contribution in [1.29, 1.82) is 5.26 Å². The molecule has 1 N–H and O–H groups in total. The van der Waals surface area contributed by atoms with Crippen LogP contribution in [0.5, 0.6) is 11.5 Å². The average molecular weight is 493 g/mol. The third-order valence-corrected chi connectivity index (χ3v) is 6.17. The van der Waals surface area contributed by atoms with Crippen molar-refractivity contribution in [3.63, 3.8) is 0 Å². The first-order chi connectivity index (χ1) is 16.0. The number of nitrogens with zero attached hydrogens (tertiary/aromatic N) is 3. The fraction of sp³-hybridized carbons (Fsp3) is 0.227. The van der Waals surface area contributed by atoms with Crippen LogP contribution in [0.1, 0.15) is 34.8 Å². The third kappa shape index (κ3) is 2.93. The molecule has 2 aliphatic carbocycles. The monoisotopic (exact) mass is 493 g/mol. The second-order valence-electron chi connectivity index (χ2n) is 7.84. The second kappa shape index (κ2) is 7.22. The van der Waals surface area contributed by atoms with E-state index in [9.17, 15) is 27.1 Å². The molecule has 2 atom stereocenters. The lowest BCUT2D eigenvalue weighted by Crippen LogP contribution is -2.48. The first kappa shape index (κ1) is 22.2. The number of aromatic nitrogens is 2. The fourth-order valence-electron chi connectivity index (χ4n) is 4.37. The van der Waals surface area contributed by atoms with E-state index in [1.54, 1.807) is 6.07 Å². The Hall–Kier alpha value is -3.56. The summed E-state index contributed by atoms with van der Waals surface area (Å²) >= 11 is 5.15. The van der Waals surface area contributed by atoms with Gasteiger partial charge in [-0.3, -0.25) is 4.57 Å². The molecule has 6 nitrogen and oxygen atoms in total. The average Bonchev–Trinajstić information content (AvgIpc) is 3.43. The molecule has 0 bridgehead atoms. The van der Waals surface area contributed by atoms with Crippen LogP contribution < -0.4 is 4.74 Å². The molecule has 2 unspecified atom stereocenters. The third-order valence-electron chi connectivity index (χ3n) is 5.86. The highest BCUT2D eigenvalue weighted by molar-refractivity contribution is 7.80. The SMILES string of the molecule is N#Cc1cc(F)cc(Oc2ccc3c4c2C(OC(=S)n2ccnc2)CC4(O)C(F)(F)C3(F)F)c1. The lowest BCUT2D eigenvalue weighted by molar-refractivity contribution is -0.288. The highest BCUT2D eigenvalue weighted by atomic mass is 32.1. The maximum absolute atomic E-state index is 14.9. The number of alkyl halides is 4. The van der Waals surface area contributed by atoms with E-state index >= 15 is 0 Å². The van der Waals surface area contributed by atoms with Gasteiger partial charge in [0.1, 0.15) is 29.7 Å². The lowest BCUT2D eigenvalue weighted by Gasteiger charge is -2.31. The summed E-state index contributed by atoms with van der Waals surface area (Å²) in [5, 5.41) is 19.7. The lowest BCUT2D eigenvalue weighted by atomic mass is 9.94. The zero-order chi connectivity index (χ0) is 24.5. The Kier molecular flexibility index (Phi) is 4.72. The number of hydrogen-bond donors (Lipinski definition) is 1. The molecule has 12 heteroatoms. The molecule has 5 rings (SSSR count). The minimum absolute atomic E-state index is 0.0868. The zero-order valence-corrected chi connectivity index (χ0v) is 17.6. The molecule has 2 aliphatic rings. The number of halogens is 5. The summed E-state index contributed by atoms with van der Waals surface area (Å²) < 4.78 is 85.4. The molecule has 1 heterocycles. The molecule has 0 fully saturated rings. The molecular weight excluding hydrogens is 481 g/mol. The van der Waals surface area contributed by atoms with Crippen molar-refractivity contribution in [2.75, 3.05) is 0 Å². The molecule has 0 aliphatic heterocycles. The highest BCUT2D eigenvalue weighted by Crippen LogP contribution is 2.68. The number of hydrogen-bond acceptors (Lipinski definition) is 6. The van der Waals surface area contributed by atoms with Gasteiger partial charge >= 0.3 is 11.8 Å². The van der Waals surface area contributed by atoms with Gasteiger partial charge in [0.25, 0.3) is 5.17 Å². The predicted molar refractivity (Wildman–Crippen MR) is 109 cm³/mol. The quantitative estimate of drug-likeness (QED) is 0.413. The minimum atomic E-state index is -4.85. The number of imidazole rings is 1. The Labute approximate surface area is 193 Å². The van der Waals surface area contributed by atoms with Crippen LogP contribution in [-0.4, -0.2) is 25.8 Å². The number of thiocarbonyl (C=S) groups is 1. The minimum Gasteiger partial charge on any atom is -0.462 e. The summed E-state index contributed by atoms with van der Waals surface area (Å²) in [4.78, 5) is 3.80. The molecule has 0 amide bonds. The van der Waals surface area contributed by atoms with Crippen LogP contribution in [0, 0.1) is 17.1 Å². The molecule has 0 saturated carbocycles. The van der Waals surface area contributed by atoms with Gasteiger partial charge in [0.2, 0.25) is 0 Å². The highest BCUT2D eigenvalue weighted by Gasteiger charge is 2.79. The largest absolute Gasteiger partial charge is 0.462 e. The van der Waals surface area contributed by atoms with Crippen molar-refractivity contribution in [3.8, 4) is 17.6 Å². The Morgan fingerprint density at radius 3 is 2.68 bits per heavy atom. The topological polar surface area (TPSA) is 80.3 Å². The smallest absolute Gasteiger partial charge is 0.346 e. The van der Waals surface area contributed by atoms with E-state index in [-0.39, 0.29) is 27.8 Å². The summed E-state index contributed by atoms with van der Waals surface area (Å²) in [6, 6.07) is 6.52. The van der Waals surface area contributed by atoms with Crippen LogP contribution in [0.3, 0.4) is 0 Å². The maximum Gasteiger partial charge on any atom is 0.346 e. The van der Waals surface area contributed by atoms with Gasteiger partial charge < -0.3 is 14.6 Å². The van der Waals surface area contributed by atoms with Gasteiger partial charge in [0, 0.05) is 41.6 Å². The van der Waals surface area contributed by atoms with Gasteiger partial charge in [0.15, 0.2) is 5.60 Å². The second-order valence-corrected chi connectivity index (χ2v) is 8.19. The normalized spacial score (nSPS) is 23.3. The van der Waals surface area contributed by atoms with Crippen molar-refractivity contribution in [1.82, 2.24) is 9.55 Å². The van der Waals surface area contributed by atoms with Gasteiger partial charge in [-0.15, -0.1) is 0 Å². The zero-order valence-electron chi connectivity index (χ0n) is 16.8. The first-order valence-corrected chi connectivity index (χ1v) is 10.1. The van der Waals surface area contributed by atoms with Gasteiger partial charge in [-0.2, -0.15) is 22.8 Å². The molecule has 3 aromatic rings. The molecule has 1 aromatic heterocycles. The molecule has 174 valence electrons. The maximum atomic E-state index is 14.9. The molecule has 2 aromatic carbocycles. The number of rotatable bonds is 3. The van der Waals surface area contributed by atoms with Gasteiger partial charge in [0.05, 0.1) is 11.6 Å². The van der Waals surface area contributed by atoms with Crippen LogP contribution in [-0.2, 0) is 16.3 Å². The summed E-state index contributed by atoms with van der Waals surface area (Å²) in [6.45, 7) is 0. The molecule has 0 spiro atoms. The molecule has 0 saturated heterocycles. The Morgan fingerprint density at radius 2 is 2.00 bits per heavy atom. The van der Waals surface area contributed by atoms with E-state index in [2.05, 4.69) is 4.98 Å². The van der Waals surface area contributed by atoms with Crippen LogP contribution >= 0.6 is 12.2 Å². The number of nitriles is 1. The number of aliphatic hydroxyl groups is 1. The van der Waals surface area contributed by atoms with Gasteiger partial charge in [-0.1, -0.05) is 0 Å². The van der Waals surface area contributed by atoms with E-state index in [0.29, 0.717) is 0 Å². The first-order valence-electron chi connectivity index (χ1n) is 9.73. The van der Waals surface area contributed by atoms with E-state index in [0.717, 1.165) is 24.3 Å². The van der Waals surface area contributed by atoms with Crippen molar-refractivity contribution in [2.45, 2.75) is 30.0 Å². The molecular formula is C22H12F5N3O3S. The van der Waals surface area contributed by atoms with Gasteiger partial charge in [-0.05, 0) is 36.5 Å². The number of benzene rings is 2. The Morgan fingerprint density at radius 1 is 1.24 bits per heavy atom. The van der Waals surface area contributed by atoms with E-state index in [1.807, 2.05) is 0 Å². The Balaban J connectivity index is 1.65. The summed E-state index contributed by atoms with van der Waals surface area (Å²) in [6.07, 6.45) is 1.73. The van der Waals surface area contributed by atoms with Crippen LogP contribution in [0.2, 0.25) is 0 Å². The van der Waals surface area contributed by atoms with Crippen LogP contribution in [0.4, 0.5) is 22.0 Å². The van der Waals surface area contributed by atoms with E-state index < -0.39 is 46.9 Å². The molecule has 0 radical (unpaired) electrons. The van der Waals surface area contributed by atoms with Crippen LogP contribution in [0.25, 0.3) is 0 Å². The summed E-state index contributed by atoms with van der Waals surface area (Å²) in [5.74, 6) is -10.7. The standard InChI is InChI=1S/C22H12F5N3O3S/c23-12-5-11(9-28)6-13(7-12)32-15-2-1-14-18-17(15)16(33-19(34)30-4-3-29-10-30)8-20(18,31)22(26,27)21(14,24)25/h1-7,10,16,31H,8H2. The van der Waals surface area contributed by atoms with Gasteiger partial charge in [-0.25, -0.2) is 9.37 Å². The Bertz CT molecular complexity index is 1370. The van der Waals surface area contributed by atoms with Crippen molar-refractivity contribution in [3.05, 3.63) is 77.1 Å². The van der Waals surface area contributed by atoms with Crippen molar-refractivity contribution < 1.29 is 36.5 Å².